The van der Waals surface area contributed by atoms with Crippen LogP contribution in [0.25, 0.3) is 0 Å². The largest absolute Gasteiger partial charge is 0.367 e. The number of hydrogen-bond acceptors (Lipinski definition) is 6. The Kier molecular flexibility index (Phi) is 5.89. The molecule has 1 N–H and O–H groups in total. The fourth-order valence-electron chi connectivity index (χ4n) is 3.21. The number of para-hydroxylation sites is 1. The number of aryl methyl sites for hydroxylation is 1. The maximum Gasteiger partial charge on any atom is 0.266 e. The predicted octanol–water partition coefficient (Wildman–Crippen LogP) is 4.86. The number of nitrogens with one attached hydrogen (secondary N) is 1. The number of piperazine rings is 1. The lowest BCUT2D eigenvalue weighted by molar-refractivity contribution is 0.0750. The highest BCUT2D eigenvalue weighted by molar-refractivity contribution is 7.17. The number of nitrogens with zero attached hydrogens (tertiary/aromatic N) is 4. The minimum atomic E-state index is 0.0101. The van der Waals surface area contributed by atoms with Crippen molar-refractivity contribution in [2.24, 2.45) is 0 Å². The molecule has 1 aliphatic heterocycles. The molecule has 0 atom stereocenters. The summed E-state index contributed by atoms with van der Waals surface area (Å²) in [5.41, 5.74) is 1.72. The Morgan fingerprint density at radius 2 is 1.86 bits per heavy atom. The van der Waals surface area contributed by atoms with E-state index in [1.54, 1.807) is 18.3 Å². The van der Waals surface area contributed by atoms with Crippen molar-refractivity contribution < 1.29 is 4.79 Å². The van der Waals surface area contributed by atoms with Crippen molar-refractivity contribution in [1.29, 1.82) is 0 Å². The van der Waals surface area contributed by atoms with Crippen LogP contribution in [0.3, 0.4) is 0 Å². The third-order valence-electron chi connectivity index (χ3n) is 4.71. The van der Waals surface area contributed by atoms with E-state index in [9.17, 15) is 4.79 Å². The van der Waals surface area contributed by atoms with E-state index in [-0.39, 0.29) is 5.91 Å². The SMILES string of the molecule is Cc1nc(Nc2ccc(Cl)cn2)sc1C(=O)N1CCN(c2ccccc2Cl)CC1. The molecule has 1 amide bonds. The van der Waals surface area contributed by atoms with Gasteiger partial charge in [-0.25, -0.2) is 9.97 Å². The van der Waals surface area contributed by atoms with Crippen LogP contribution < -0.4 is 10.2 Å². The molecule has 0 saturated carbocycles. The fourth-order valence-corrected chi connectivity index (χ4v) is 4.52. The molecule has 3 heterocycles. The van der Waals surface area contributed by atoms with E-state index in [1.807, 2.05) is 36.1 Å². The van der Waals surface area contributed by atoms with Crippen LogP contribution in [0.5, 0.6) is 0 Å². The van der Waals surface area contributed by atoms with Crippen LogP contribution in [0, 0.1) is 6.92 Å². The third kappa shape index (κ3) is 4.47. The number of carbonyl (C=O) groups excluding carboxylic acids is 1. The van der Waals surface area contributed by atoms with Crippen LogP contribution in [-0.4, -0.2) is 47.0 Å². The minimum Gasteiger partial charge on any atom is -0.367 e. The summed E-state index contributed by atoms with van der Waals surface area (Å²) in [5.74, 6) is 0.645. The van der Waals surface area contributed by atoms with Crippen LogP contribution in [0.4, 0.5) is 16.6 Å². The Labute approximate surface area is 183 Å². The quantitative estimate of drug-likeness (QED) is 0.618. The molecular weight excluding hydrogens is 429 g/mol. The zero-order valence-electron chi connectivity index (χ0n) is 15.7. The smallest absolute Gasteiger partial charge is 0.266 e. The van der Waals surface area contributed by atoms with E-state index in [0.29, 0.717) is 39.6 Å². The second-order valence-electron chi connectivity index (χ2n) is 6.65. The van der Waals surface area contributed by atoms with Crippen molar-refractivity contribution in [3.05, 3.63) is 63.2 Å². The second-order valence-corrected chi connectivity index (χ2v) is 8.49. The predicted molar refractivity (Wildman–Crippen MR) is 119 cm³/mol. The number of aromatic nitrogens is 2. The van der Waals surface area contributed by atoms with Gasteiger partial charge >= 0.3 is 0 Å². The monoisotopic (exact) mass is 447 g/mol. The van der Waals surface area contributed by atoms with Crippen molar-refractivity contribution in [2.45, 2.75) is 6.92 Å². The summed E-state index contributed by atoms with van der Waals surface area (Å²) in [4.78, 5) is 26.4. The summed E-state index contributed by atoms with van der Waals surface area (Å²) in [6, 6.07) is 11.3. The van der Waals surface area contributed by atoms with Crippen molar-refractivity contribution in [3.63, 3.8) is 0 Å². The molecule has 150 valence electrons. The van der Waals surface area contributed by atoms with Gasteiger partial charge < -0.3 is 15.1 Å². The highest BCUT2D eigenvalue weighted by Crippen LogP contribution is 2.29. The lowest BCUT2D eigenvalue weighted by Gasteiger charge is -2.36. The van der Waals surface area contributed by atoms with Gasteiger partial charge in [0.15, 0.2) is 5.13 Å². The van der Waals surface area contributed by atoms with Gasteiger partial charge in [-0.3, -0.25) is 4.79 Å². The minimum absolute atomic E-state index is 0.0101. The molecule has 6 nitrogen and oxygen atoms in total. The van der Waals surface area contributed by atoms with E-state index in [4.69, 9.17) is 23.2 Å². The maximum atomic E-state index is 13.0. The van der Waals surface area contributed by atoms with Crippen molar-refractivity contribution in [2.75, 3.05) is 36.4 Å². The molecule has 2 aromatic heterocycles. The Bertz CT molecular complexity index is 1020. The van der Waals surface area contributed by atoms with E-state index < -0.39 is 0 Å². The summed E-state index contributed by atoms with van der Waals surface area (Å²) in [6.45, 7) is 4.62. The summed E-state index contributed by atoms with van der Waals surface area (Å²) >= 11 is 13.5. The lowest BCUT2D eigenvalue weighted by atomic mass is 10.2. The first-order valence-electron chi connectivity index (χ1n) is 9.16. The van der Waals surface area contributed by atoms with Crippen LogP contribution in [0.15, 0.2) is 42.6 Å². The number of rotatable bonds is 4. The molecule has 0 aliphatic carbocycles. The van der Waals surface area contributed by atoms with E-state index in [2.05, 4.69) is 20.2 Å². The first-order chi connectivity index (χ1) is 14.0. The number of thiazole rings is 1. The molecule has 29 heavy (non-hydrogen) atoms. The van der Waals surface area contributed by atoms with Crippen molar-refractivity contribution in [1.82, 2.24) is 14.9 Å². The van der Waals surface area contributed by atoms with Crippen LogP contribution in [0.2, 0.25) is 10.0 Å². The van der Waals surface area contributed by atoms with Gasteiger partial charge in [-0.2, -0.15) is 0 Å². The van der Waals surface area contributed by atoms with Gasteiger partial charge in [-0.1, -0.05) is 46.7 Å². The molecule has 1 aromatic carbocycles. The molecule has 0 radical (unpaired) electrons. The summed E-state index contributed by atoms with van der Waals surface area (Å²) in [6.07, 6.45) is 1.56. The highest BCUT2D eigenvalue weighted by atomic mass is 35.5. The Morgan fingerprint density at radius 1 is 1.10 bits per heavy atom. The standard InChI is InChI=1S/C20H19Cl2N5OS/c1-13-18(29-20(24-13)25-17-7-6-14(21)12-23-17)19(28)27-10-8-26(9-11-27)16-5-3-2-4-15(16)22/h2-7,12H,8-11H2,1H3,(H,23,24,25). The van der Waals surface area contributed by atoms with Gasteiger partial charge in [-0.05, 0) is 31.2 Å². The molecule has 3 aromatic rings. The zero-order chi connectivity index (χ0) is 20.4. The molecule has 1 aliphatic rings. The summed E-state index contributed by atoms with van der Waals surface area (Å²) < 4.78 is 0. The van der Waals surface area contributed by atoms with E-state index in [1.165, 1.54) is 11.3 Å². The van der Waals surface area contributed by atoms with Crippen molar-refractivity contribution >= 4 is 57.1 Å². The van der Waals surface area contributed by atoms with E-state index in [0.717, 1.165) is 23.8 Å². The molecular formula is C20H19Cl2N5OS. The molecule has 0 unspecified atom stereocenters. The number of pyridine rings is 1. The van der Waals surface area contributed by atoms with Crippen LogP contribution in [0.1, 0.15) is 15.4 Å². The number of carbonyl (C=O) groups is 1. The van der Waals surface area contributed by atoms with Crippen molar-refractivity contribution in [3.8, 4) is 0 Å². The second kappa shape index (κ2) is 8.57. The number of hydrogen-bond donors (Lipinski definition) is 1. The van der Waals surface area contributed by atoms with Crippen LogP contribution >= 0.6 is 34.5 Å². The van der Waals surface area contributed by atoms with Crippen LogP contribution in [-0.2, 0) is 0 Å². The Balaban J connectivity index is 1.42. The van der Waals surface area contributed by atoms with Gasteiger partial charge in [-0.15, -0.1) is 0 Å². The first kappa shape index (κ1) is 19.9. The average Bonchev–Trinajstić information content (AvgIpc) is 3.10. The Hall–Kier alpha value is -2.35. The summed E-state index contributed by atoms with van der Waals surface area (Å²) in [7, 11) is 0. The van der Waals surface area contributed by atoms with Gasteiger partial charge in [0.1, 0.15) is 10.7 Å². The lowest BCUT2D eigenvalue weighted by Crippen LogP contribution is -2.48. The molecule has 4 rings (SSSR count). The number of benzene rings is 1. The normalized spacial score (nSPS) is 14.2. The maximum absolute atomic E-state index is 13.0. The van der Waals surface area contributed by atoms with Gasteiger partial charge in [0.25, 0.3) is 5.91 Å². The Morgan fingerprint density at radius 3 is 2.55 bits per heavy atom. The molecule has 9 heteroatoms. The molecule has 0 bridgehead atoms. The molecule has 1 saturated heterocycles. The van der Waals surface area contributed by atoms with Gasteiger partial charge in [0, 0.05) is 32.4 Å². The van der Waals surface area contributed by atoms with Gasteiger partial charge in [0.2, 0.25) is 0 Å². The average molecular weight is 448 g/mol. The first-order valence-corrected chi connectivity index (χ1v) is 10.7. The summed E-state index contributed by atoms with van der Waals surface area (Å²) in [5, 5.41) is 5.06. The fraction of sp³-hybridized carbons (Fsp3) is 0.250. The third-order valence-corrected chi connectivity index (χ3v) is 6.32. The molecule has 1 fully saturated rings. The number of halogens is 2. The van der Waals surface area contributed by atoms with E-state index >= 15 is 0 Å². The van der Waals surface area contributed by atoms with Gasteiger partial charge in [0.05, 0.1) is 21.4 Å². The highest BCUT2D eigenvalue weighted by Gasteiger charge is 2.26. The number of amides is 1. The zero-order valence-corrected chi connectivity index (χ0v) is 18.1. The molecule has 0 spiro atoms. The topological polar surface area (TPSA) is 61.4 Å². The number of anilines is 3.